The van der Waals surface area contributed by atoms with Gasteiger partial charge in [-0.05, 0) is 90.8 Å². The number of ketones is 1. The van der Waals surface area contributed by atoms with Gasteiger partial charge in [-0.15, -0.1) is 0 Å². The highest BCUT2D eigenvalue weighted by Gasteiger charge is 2.69. The minimum absolute atomic E-state index is 0.00570. The lowest BCUT2D eigenvalue weighted by Gasteiger charge is -2.69. The van der Waals surface area contributed by atoms with E-state index in [4.69, 9.17) is 16.3 Å². The first kappa shape index (κ1) is 25.6. The topological polar surface area (TPSA) is 43.4 Å². The Kier molecular flexibility index (Phi) is 5.47. The van der Waals surface area contributed by atoms with Crippen molar-refractivity contribution < 1.29 is 14.3 Å². The molecule has 0 bridgehead atoms. The van der Waals surface area contributed by atoms with Crippen LogP contribution in [0.3, 0.4) is 0 Å². The van der Waals surface area contributed by atoms with Gasteiger partial charge in [-0.2, -0.15) is 0 Å². The standard InChI is InChI=1S/C31H45ClO3/c1-26(2)13-15-31(25(34)35-8)16-14-29(6)19(20(31)17-26)9-10-23-28(5)18-21(32)24(33)27(3,4)22(28)11-12-30(23,29)7/h9,18,20,22-23H,10-17H2,1-8H3/t20-,22-,23+,28-,29+,30+,31-/m0/s1. The lowest BCUT2D eigenvalue weighted by atomic mass is 9.34. The van der Waals surface area contributed by atoms with Crippen molar-refractivity contribution >= 4 is 23.4 Å². The molecule has 0 aromatic rings. The number of carbonyl (C=O) groups excluding carboxylic acids is 2. The van der Waals surface area contributed by atoms with Crippen molar-refractivity contribution in [3.8, 4) is 0 Å². The molecular formula is C31H45ClO3. The zero-order chi connectivity index (χ0) is 25.8. The van der Waals surface area contributed by atoms with Crippen molar-refractivity contribution in [2.75, 3.05) is 7.11 Å². The largest absolute Gasteiger partial charge is 0.469 e. The van der Waals surface area contributed by atoms with E-state index < -0.39 is 5.41 Å². The third-order valence-corrected chi connectivity index (χ3v) is 12.8. The van der Waals surface area contributed by atoms with Crippen molar-refractivity contribution in [1.29, 1.82) is 0 Å². The average Bonchev–Trinajstić information content (AvgIpc) is 2.77. The zero-order valence-corrected chi connectivity index (χ0v) is 23.9. The number of hydrogen-bond acceptors (Lipinski definition) is 3. The lowest BCUT2D eigenvalue weighted by Crippen LogP contribution is -2.64. The van der Waals surface area contributed by atoms with Crippen molar-refractivity contribution in [2.24, 2.45) is 50.2 Å². The molecule has 3 nitrogen and oxygen atoms in total. The minimum atomic E-state index is -0.438. The number of allylic oxidation sites excluding steroid dienone is 4. The molecule has 0 heterocycles. The van der Waals surface area contributed by atoms with Crippen LogP contribution in [-0.4, -0.2) is 18.9 Å². The SMILES string of the molecule is COC(=O)[C@]12CCC(C)(C)C[C@H]1C1=CC[C@@H]3[C@@]4(C)C=C(Cl)C(=O)C(C)(C)[C@@H]4CC[C@@]3(C)[C@]1(C)CC2. The lowest BCUT2D eigenvalue weighted by molar-refractivity contribution is -0.177. The van der Waals surface area contributed by atoms with Gasteiger partial charge in [0.2, 0.25) is 0 Å². The van der Waals surface area contributed by atoms with Crippen LogP contribution in [0, 0.1) is 50.2 Å². The van der Waals surface area contributed by atoms with Crippen LogP contribution >= 0.6 is 11.6 Å². The fourth-order valence-electron chi connectivity index (χ4n) is 10.2. The van der Waals surface area contributed by atoms with E-state index in [2.05, 4.69) is 60.6 Å². The van der Waals surface area contributed by atoms with E-state index in [0.29, 0.717) is 16.9 Å². The maximum atomic E-state index is 13.3. The molecule has 3 fully saturated rings. The normalized spacial score (nSPS) is 47.8. The Labute approximate surface area is 217 Å². The van der Waals surface area contributed by atoms with E-state index in [9.17, 15) is 9.59 Å². The van der Waals surface area contributed by atoms with Gasteiger partial charge in [0.25, 0.3) is 0 Å². The third kappa shape index (κ3) is 3.09. The van der Waals surface area contributed by atoms with Crippen molar-refractivity contribution in [3.05, 3.63) is 22.8 Å². The molecule has 0 saturated heterocycles. The summed E-state index contributed by atoms with van der Waals surface area (Å²) in [6.07, 6.45) is 12.8. The molecule has 0 aromatic heterocycles. The highest BCUT2D eigenvalue weighted by Crippen LogP contribution is 2.75. The van der Waals surface area contributed by atoms with E-state index >= 15 is 0 Å². The first-order valence-corrected chi connectivity index (χ1v) is 14.2. The second-order valence-electron chi connectivity index (χ2n) is 14.8. The molecule has 0 amide bonds. The number of esters is 1. The van der Waals surface area contributed by atoms with Crippen LogP contribution < -0.4 is 0 Å². The molecule has 35 heavy (non-hydrogen) atoms. The summed E-state index contributed by atoms with van der Waals surface area (Å²) in [5.74, 6) is 1.09. The van der Waals surface area contributed by atoms with Gasteiger partial charge < -0.3 is 4.74 Å². The van der Waals surface area contributed by atoms with Crippen LogP contribution in [0.5, 0.6) is 0 Å². The summed E-state index contributed by atoms with van der Waals surface area (Å²) in [5, 5.41) is 0.431. The van der Waals surface area contributed by atoms with Crippen molar-refractivity contribution in [2.45, 2.75) is 99.8 Å². The second-order valence-corrected chi connectivity index (χ2v) is 15.2. The van der Waals surface area contributed by atoms with E-state index in [1.54, 1.807) is 7.11 Å². The third-order valence-electron chi connectivity index (χ3n) is 12.5. The number of rotatable bonds is 1. The fraction of sp³-hybridized carbons (Fsp3) is 0.806. The zero-order valence-electron chi connectivity index (χ0n) is 23.1. The Hall–Kier alpha value is -1.09. The maximum absolute atomic E-state index is 13.3. The predicted molar refractivity (Wildman–Crippen MR) is 141 cm³/mol. The summed E-state index contributed by atoms with van der Waals surface area (Å²) in [7, 11) is 1.57. The molecule has 0 aliphatic heterocycles. The van der Waals surface area contributed by atoms with Crippen LogP contribution in [-0.2, 0) is 14.3 Å². The molecule has 7 atom stereocenters. The first-order chi connectivity index (χ1) is 16.1. The Balaban J connectivity index is 1.64. The smallest absolute Gasteiger partial charge is 0.312 e. The van der Waals surface area contributed by atoms with Gasteiger partial charge in [0, 0.05) is 5.41 Å². The number of halogens is 1. The average molecular weight is 501 g/mol. The van der Waals surface area contributed by atoms with Crippen LogP contribution in [0.15, 0.2) is 22.8 Å². The number of carbonyl (C=O) groups is 2. The van der Waals surface area contributed by atoms with Crippen molar-refractivity contribution in [1.82, 2.24) is 0 Å². The molecule has 0 unspecified atom stereocenters. The molecule has 5 aliphatic carbocycles. The number of methoxy groups -OCH3 is 1. The molecule has 3 saturated carbocycles. The summed E-state index contributed by atoms with van der Waals surface area (Å²) in [6, 6.07) is 0. The number of Topliss-reactive ketones (excluding diaryl/α,β-unsaturated/α-hetero) is 1. The van der Waals surface area contributed by atoms with Gasteiger partial charge in [-0.1, -0.05) is 77.8 Å². The van der Waals surface area contributed by atoms with E-state index in [-0.39, 0.29) is 44.7 Å². The van der Waals surface area contributed by atoms with Crippen LogP contribution in [0.4, 0.5) is 0 Å². The molecule has 0 N–H and O–H groups in total. The van der Waals surface area contributed by atoms with Crippen LogP contribution in [0.25, 0.3) is 0 Å². The monoisotopic (exact) mass is 500 g/mol. The molecular weight excluding hydrogens is 456 g/mol. The van der Waals surface area contributed by atoms with Gasteiger partial charge in [0.05, 0.1) is 17.6 Å². The summed E-state index contributed by atoms with van der Waals surface area (Å²) >= 11 is 6.65. The molecule has 194 valence electrons. The highest BCUT2D eigenvalue weighted by atomic mass is 35.5. The number of fused-ring (bicyclic) bond motifs is 7. The Morgan fingerprint density at radius 2 is 1.63 bits per heavy atom. The Morgan fingerprint density at radius 1 is 0.971 bits per heavy atom. The summed E-state index contributed by atoms with van der Waals surface area (Å²) in [5.41, 5.74) is 0.961. The predicted octanol–water partition coefficient (Wildman–Crippen LogP) is 7.87. The molecule has 5 aliphatic rings. The number of ether oxygens (including phenoxy) is 1. The second kappa shape index (κ2) is 7.49. The van der Waals surface area contributed by atoms with Gasteiger partial charge >= 0.3 is 5.97 Å². The minimum Gasteiger partial charge on any atom is -0.469 e. The van der Waals surface area contributed by atoms with E-state index in [0.717, 1.165) is 51.4 Å². The van der Waals surface area contributed by atoms with E-state index in [1.165, 1.54) is 5.57 Å². The molecule has 0 aromatic carbocycles. The first-order valence-electron chi connectivity index (χ1n) is 13.8. The highest BCUT2D eigenvalue weighted by molar-refractivity contribution is 6.43. The maximum Gasteiger partial charge on any atom is 0.312 e. The van der Waals surface area contributed by atoms with Gasteiger partial charge in [-0.3, -0.25) is 9.59 Å². The van der Waals surface area contributed by atoms with Gasteiger partial charge in [0.15, 0.2) is 5.78 Å². The summed E-state index contributed by atoms with van der Waals surface area (Å²) in [4.78, 5) is 26.4. The molecule has 0 spiro atoms. The molecule has 5 rings (SSSR count). The molecule has 4 heteroatoms. The summed E-state index contributed by atoms with van der Waals surface area (Å²) < 4.78 is 5.47. The van der Waals surface area contributed by atoms with Crippen molar-refractivity contribution in [3.63, 3.8) is 0 Å². The quantitative estimate of drug-likeness (QED) is 0.271. The van der Waals surface area contributed by atoms with Gasteiger partial charge in [0.1, 0.15) is 0 Å². The Bertz CT molecular complexity index is 1040. The Morgan fingerprint density at radius 3 is 2.29 bits per heavy atom. The number of hydrogen-bond donors (Lipinski definition) is 0. The fourth-order valence-corrected chi connectivity index (χ4v) is 10.7. The van der Waals surface area contributed by atoms with Gasteiger partial charge in [-0.25, -0.2) is 0 Å². The van der Waals surface area contributed by atoms with Crippen LogP contribution in [0.1, 0.15) is 99.8 Å². The molecule has 0 radical (unpaired) electrons. The van der Waals surface area contributed by atoms with Crippen LogP contribution in [0.2, 0.25) is 0 Å². The summed E-state index contributed by atoms with van der Waals surface area (Å²) in [6.45, 7) is 16.4. The van der Waals surface area contributed by atoms with E-state index in [1.807, 2.05) is 0 Å².